The van der Waals surface area contributed by atoms with Gasteiger partial charge in [0.05, 0.1) is 12.7 Å². The van der Waals surface area contributed by atoms with Gasteiger partial charge < -0.3 is 4.43 Å². The van der Waals surface area contributed by atoms with E-state index in [1.807, 2.05) is 0 Å². The van der Waals surface area contributed by atoms with E-state index in [2.05, 4.69) is 39.3 Å². The van der Waals surface area contributed by atoms with Crippen molar-refractivity contribution in [2.24, 2.45) is 0 Å². The molecule has 1 saturated heterocycles. The van der Waals surface area contributed by atoms with Crippen molar-refractivity contribution >= 4 is 57.3 Å². The molecule has 0 spiro atoms. The van der Waals surface area contributed by atoms with Crippen LogP contribution in [0.4, 0.5) is 13.2 Å². The molecule has 0 N–H and O–H groups in total. The van der Waals surface area contributed by atoms with Gasteiger partial charge in [-0.2, -0.15) is 13.2 Å². The fourth-order valence-corrected chi connectivity index (χ4v) is 34.4. The van der Waals surface area contributed by atoms with Crippen molar-refractivity contribution in [1.29, 1.82) is 0 Å². The van der Waals surface area contributed by atoms with Crippen LogP contribution in [-0.4, -0.2) is 38.1 Å². The predicted molar refractivity (Wildman–Crippen MR) is 106 cm³/mol. The van der Waals surface area contributed by atoms with E-state index in [1.165, 1.54) is 0 Å². The molecule has 1 fully saturated rings. The Morgan fingerprint density at radius 1 is 0.917 bits per heavy atom. The predicted octanol–water partition coefficient (Wildman–Crippen LogP) is 7.03. The maximum Gasteiger partial charge on any atom is 0.389 e. The van der Waals surface area contributed by atoms with Crippen LogP contribution in [0.1, 0.15) is 25.7 Å². The molecule has 1 nitrogen and oxygen atoms in total. The molecule has 1 aliphatic rings. The number of rotatable bonds is 4. The Morgan fingerprint density at radius 2 is 1.38 bits per heavy atom. The highest BCUT2D eigenvalue weighted by molar-refractivity contribution is 7.67. The van der Waals surface area contributed by atoms with Gasteiger partial charge in [0.1, 0.15) is 0 Å². The quantitative estimate of drug-likeness (QED) is 0.324. The van der Waals surface area contributed by atoms with E-state index in [-0.39, 0.29) is 12.8 Å². The van der Waals surface area contributed by atoms with Crippen LogP contribution in [0.5, 0.6) is 0 Å². The van der Waals surface area contributed by atoms with Crippen molar-refractivity contribution in [1.82, 2.24) is 0 Å². The molecule has 0 aromatic rings. The molecular formula is C14H28Cl3F3OSi3. The maximum atomic E-state index is 12.9. The Labute approximate surface area is 161 Å². The molecule has 10 heteroatoms. The third-order valence-corrected chi connectivity index (χ3v) is 47.1. The summed E-state index contributed by atoms with van der Waals surface area (Å²) in [5, 5.41) is 0. The van der Waals surface area contributed by atoms with Crippen molar-refractivity contribution in [3.05, 3.63) is 0 Å². The van der Waals surface area contributed by atoms with Crippen LogP contribution >= 0.6 is 34.8 Å². The van der Waals surface area contributed by atoms with Gasteiger partial charge in [-0.25, -0.2) is 0 Å². The van der Waals surface area contributed by atoms with Gasteiger partial charge in [-0.05, 0) is 38.4 Å². The van der Waals surface area contributed by atoms with Gasteiger partial charge in [0.2, 0.25) is 0 Å². The van der Waals surface area contributed by atoms with E-state index in [0.29, 0.717) is 6.42 Å². The molecule has 0 aromatic heterocycles. The fourth-order valence-electron chi connectivity index (χ4n) is 3.69. The van der Waals surface area contributed by atoms with Crippen LogP contribution in [0.25, 0.3) is 0 Å². The third kappa shape index (κ3) is 5.63. The highest BCUT2D eigenvalue weighted by atomic mass is 35.6. The average molecular weight is 460 g/mol. The Balaban J connectivity index is 3.18. The lowest BCUT2D eigenvalue weighted by molar-refractivity contribution is -0.144. The fraction of sp³-hybridized carbons (Fsp3) is 1.00. The first kappa shape index (κ1) is 23.3. The van der Waals surface area contributed by atoms with Crippen molar-refractivity contribution in [3.63, 3.8) is 0 Å². The Morgan fingerprint density at radius 3 is 1.75 bits per heavy atom. The van der Waals surface area contributed by atoms with E-state index >= 15 is 0 Å². The van der Waals surface area contributed by atoms with Crippen LogP contribution in [0, 0.1) is 0 Å². The Bertz CT molecular complexity index is 422. The lowest BCUT2D eigenvalue weighted by Gasteiger charge is -2.60. The zero-order valence-corrected chi connectivity index (χ0v) is 20.5. The number of alkyl halides is 6. The minimum atomic E-state index is -4.20. The summed E-state index contributed by atoms with van der Waals surface area (Å²) in [5.74, 6) is 0. The van der Waals surface area contributed by atoms with Gasteiger partial charge in [0.25, 0.3) is 0 Å². The molecule has 1 unspecified atom stereocenters. The molecule has 0 radical (unpaired) electrons. The molecular weight excluding hydrogens is 432 g/mol. The second-order valence-electron chi connectivity index (χ2n) is 8.71. The van der Waals surface area contributed by atoms with Crippen LogP contribution in [-0.2, 0) is 4.43 Å². The minimum Gasteiger partial charge on any atom is -0.415 e. The molecule has 1 heterocycles. The normalized spacial score (nSPS) is 29.5. The summed E-state index contributed by atoms with van der Waals surface area (Å²) >= 11 is 17.7. The van der Waals surface area contributed by atoms with E-state index in [4.69, 9.17) is 39.2 Å². The first-order valence-corrected chi connectivity index (χ1v) is 20.4. The summed E-state index contributed by atoms with van der Waals surface area (Å²) < 4.78 is 43.8. The smallest absolute Gasteiger partial charge is 0.389 e. The van der Waals surface area contributed by atoms with Crippen molar-refractivity contribution in [2.75, 3.05) is 0 Å². The first-order valence-electron chi connectivity index (χ1n) is 8.16. The average Bonchev–Trinajstić information content (AvgIpc) is 2.29. The number of halogens is 6. The molecule has 144 valence electrons. The van der Waals surface area contributed by atoms with Gasteiger partial charge in [-0.1, -0.05) is 61.0 Å². The molecule has 1 atom stereocenters. The van der Waals surface area contributed by atoms with Crippen molar-refractivity contribution < 1.29 is 17.6 Å². The van der Waals surface area contributed by atoms with Crippen LogP contribution in [0.2, 0.25) is 45.3 Å². The van der Waals surface area contributed by atoms with E-state index in [0.717, 1.165) is 6.04 Å². The molecule has 0 bridgehead atoms. The third-order valence-electron chi connectivity index (χ3n) is 6.16. The maximum absolute atomic E-state index is 12.9. The van der Waals surface area contributed by atoms with Crippen molar-refractivity contribution in [3.8, 4) is 0 Å². The SMILES string of the molecule is C[Si]1(C)CC(CCC(F)(F)F)(CCC(Cl)(Cl)Cl)O[Si](C)(C)[Si]1(C)C. The van der Waals surface area contributed by atoms with E-state index < -0.39 is 44.5 Å². The summed E-state index contributed by atoms with van der Waals surface area (Å²) in [6.07, 6.45) is -4.49. The Kier molecular flexibility index (Phi) is 6.82. The van der Waals surface area contributed by atoms with Gasteiger partial charge in [-0.3, -0.25) is 0 Å². The molecule has 1 rings (SSSR count). The van der Waals surface area contributed by atoms with Gasteiger partial charge in [0.15, 0.2) is 11.6 Å². The first-order chi connectivity index (χ1) is 10.3. The van der Waals surface area contributed by atoms with Crippen LogP contribution < -0.4 is 0 Å². The van der Waals surface area contributed by atoms with Crippen LogP contribution in [0.3, 0.4) is 0 Å². The lowest BCUT2D eigenvalue weighted by Crippen LogP contribution is -2.78. The van der Waals surface area contributed by atoms with Gasteiger partial charge in [0, 0.05) is 14.0 Å². The zero-order chi connectivity index (χ0) is 19.2. The lowest BCUT2D eigenvalue weighted by atomic mass is 9.94. The molecule has 0 saturated carbocycles. The largest absolute Gasteiger partial charge is 0.415 e. The second kappa shape index (κ2) is 7.02. The minimum absolute atomic E-state index is 0.0331. The van der Waals surface area contributed by atoms with Crippen molar-refractivity contribution in [2.45, 2.75) is 86.6 Å². The molecule has 0 aromatic carbocycles. The van der Waals surface area contributed by atoms with E-state index in [9.17, 15) is 13.2 Å². The summed E-state index contributed by atoms with van der Waals surface area (Å²) in [6, 6.07) is 0.729. The van der Waals surface area contributed by atoms with Gasteiger partial charge >= 0.3 is 6.18 Å². The topological polar surface area (TPSA) is 9.23 Å². The standard InChI is InChI=1S/C14H28Cl3F3OSi3/c1-22(2)11-12(7-9-13(15,16)17,8-10-14(18,19)20)21-23(3,4)24(22,5)6/h7-11H2,1-6H3. The highest BCUT2D eigenvalue weighted by Gasteiger charge is 2.62. The summed E-state index contributed by atoms with van der Waals surface area (Å²) in [6.45, 7) is 13.7. The summed E-state index contributed by atoms with van der Waals surface area (Å²) in [7, 11) is -5.39. The number of hydrogen-bond donors (Lipinski definition) is 0. The second-order valence-corrected chi connectivity index (χ2v) is 38.5. The molecule has 24 heavy (non-hydrogen) atoms. The van der Waals surface area contributed by atoms with Gasteiger partial charge in [-0.15, -0.1) is 0 Å². The summed E-state index contributed by atoms with van der Waals surface area (Å²) in [5.41, 5.74) is -0.798. The van der Waals surface area contributed by atoms with Crippen LogP contribution in [0.15, 0.2) is 0 Å². The highest BCUT2D eigenvalue weighted by Crippen LogP contribution is 2.50. The number of hydrogen-bond acceptors (Lipinski definition) is 1. The zero-order valence-electron chi connectivity index (χ0n) is 15.2. The summed E-state index contributed by atoms with van der Waals surface area (Å²) in [4.78, 5) is 0. The Hall–Kier alpha value is 1.27. The monoisotopic (exact) mass is 458 g/mol. The molecule has 1 aliphatic heterocycles. The molecule has 0 aliphatic carbocycles. The molecule has 0 amide bonds. The van der Waals surface area contributed by atoms with E-state index in [1.54, 1.807) is 0 Å².